The number of aryl methyl sites for hydroxylation is 3. The minimum absolute atomic E-state index is 0.127. The van der Waals surface area contributed by atoms with Crippen LogP contribution in [0.25, 0.3) is 55.0 Å². The third-order valence-corrected chi connectivity index (χ3v) is 14.9. The van der Waals surface area contributed by atoms with Crippen LogP contribution in [0.15, 0.2) is 182 Å². The topological polar surface area (TPSA) is 16.3 Å². The minimum Gasteiger partial charge on any atom is -0.311 e. The summed E-state index contributed by atoms with van der Waals surface area (Å²) < 4.78 is 81.2. The van der Waals surface area contributed by atoms with Crippen molar-refractivity contribution in [2.24, 2.45) is 0 Å². The molecule has 13 rings (SSSR count). The van der Waals surface area contributed by atoms with Crippen LogP contribution in [0.4, 0.5) is 34.1 Å². The van der Waals surface area contributed by atoms with E-state index in [2.05, 4.69) is 158 Å². The molecule has 0 unspecified atom stereocenters. The molecule has 11 aromatic rings. The van der Waals surface area contributed by atoms with Crippen molar-refractivity contribution in [1.82, 2.24) is 9.13 Å². The summed E-state index contributed by atoms with van der Waals surface area (Å²) in [6, 6.07) is 60.9. The molecule has 2 aliphatic heterocycles. The number of benzene rings is 9. The molecule has 5 heteroatoms. The van der Waals surface area contributed by atoms with Gasteiger partial charge < -0.3 is 18.9 Å². The maximum atomic E-state index is 8.79. The molecule has 4 nitrogen and oxygen atoms in total. The Morgan fingerprint density at radius 2 is 0.857 bits per heavy atom. The molecule has 0 saturated carbocycles. The van der Waals surface area contributed by atoms with Crippen LogP contribution < -0.4 is 26.2 Å². The molecule has 70 heavy (non-hydrogen) atoms. The van der Waals surface area contributed by atoms with Crippen molar-refractivity contribution >= 4 is 101 Å². The Balaban J connectivity index is 1.21. The van der Waals surface area contributed by atoms with Gasteiger partial charge >= 0.3 is 0 Å². The molecule has 0 N–H and O–H groups in total. The zero-order valence-corrected chi connectivity index (χ0v) is 40.2. The summed E-state index contributed by atoms with van der Waals surface area (Å²) in [4.78, 5) is 4.41. The van der Waals surface area contributed by atoms with Gasteiger partial charge in [-0.15, -0.1) is 0 Å². The second-order valence-corrected chi connectivity index (χ2v) is 21.3. The smallest absolute Gasteiger partial charge is 0.252 e. The Hall–Kier alpha value is -7.76. The lowest BCUT2D eigenvalue weighted by atomic mass is 9.33. The van der Waals surface area contributed by atoms with Crippen molar-refractivity contribution in [1.29, 1.82) is 0 Å². The van der Waals surface area contributed by atoms with E-state index in [9.17, 15) is 0 Å². The van der Waals surface area contributed by atoms with Crippen LogP contribution in [-0.2, 0) is 10.8 Å². The van der Waals surface area contributed by atoms with Gasteiger partial charge in [-0.25, -0.2) is 0 Å². The Morgan fingerprint density at radius 3 is 1.44 bits per heavy atom. The Bertz CT molecular complexity index is 4220. The fourth-order valence-electron chi connectivity index (χ4n) is 11.4. The molecule has 340 valence electrons. The lowest BCUT2D eigenvalue weighted by Crippen LogP contribution is -2.61. The van der Waals surface area contributed by atoms with Gasteiger partial charge in [0, 0.05) is 73.7 Å². The van der Waals surface area contributed by atoms with Crippen molar-refractivity contribution in [3.63, 3.8) is 0 Å². The van der Waals surface area contributed by atoms with E-state index in [1.165, 1.54) is 11.1 Å². The number of hydrogen-bond acceptors (Lipinski definition) is 2. The van der Waals surface area contributed by atoms with Crippen LogP contribution in [0, 0.1) is 20.6 Å². The third-order valence-electron chi connectivity index (χ3n) is 14.9. The number of rotatable bonds is 4. The molecule has 0 amide bonds. The van der Waals surface area contributed by atoms with Crippen molar-refractivity contribution < 1.29 is 12.3 Å². The summed E-state index contributed by atoms with van der Waals surface area (Å²) in [5.41, 5.74) is 16.0. The summed E-state index contributed by atoms with van der Waals surface area (Å²) in [6.07, 6.45) is 0. The molecule has 0 aliphatic carbocycles. The van der Waals surface area contributed by atoms with Crippen LogP contribution in [-0.4, -0.2) is 15.8 Å². The first-order valence-electron chi connectivity index (χ1n) is 28.7. The highest BCUT2D eigenvalue weighted by Crippen LogP contribution is 2.48. The lowest BCUT2D eigenvalue weighted by molar-refractivity contribution is 0.590. The normalized spacial score (nSPS) is 15.9. The number of aromatic nitrogens is 2. The molecule has 0 saturated heterocycles. The fourth-order valence-corrected chi connectivity index (χ4v) is 11.4. The fraction of sp³-hybridized carbons (Fsp3) is 0.169. The lowest BCUT2D eigenvalue weighted by Gasteiger charge is -2.44. The van der Waals surface area contributed by atoms with Crippen LogP contribution in [0.5, 0.6) is 0 Å². The first-order valence-corrected chi connectivity index (χ1v) is 24.2. The maximum absolute atomic E-state index is 8.79. The Kier molecular flexibility index (Phi) is 7.28. The predicted molar refractivity (Wildman–Crippen MR) is 301 cm³/mol. The number of anilines is 6. The summed E-state index contributed by atoms with van der Waals surface area (Å²) in [5, 5.41) is 4.31. The summed E-state index contributed by atoms with van der Waals surface area (Å²) in [5.74, 6) is 0. The molecular formula is C65H57BN4. The monoisotopic (exact) mass is 914 g/mol. The van der Waals surface area contributed by atoms with E-state index in [1.54, 1.807) is 30.3 Å². The van der Waals surface area contributed by atoms with E-state index in [0.29, 0.717) is 5.69 Å². The molecule has 9 aromatic carbocycles. The van der Waals surface area contributed by atoms with Gasteiger partial charge in [-0.05, 0) is 150 Å². The summed E-state index contributed by atoms with van der Waals surface area (Å²) in [7, 11) is 0. The van der Waals surface area contributed by atoms with Gasteiger partial charge in [0.15, 0.2) is 0 Å². The molecule has 0 atom stereocenters. The minimum atomic E-state index is -2.44. The highest BCUT2D eigenvalue weighted by molar-refractivity contribution is 7.00. The van der Waals surface area contributed by atoms with Gasteiger partial charge in [-0.1, -0.05) is 149 Å². The van der Waals surface area contributed by atoms with Gasteiger partial charge in [-0.3, -0.25) is 0 Å². The Labute approximate surface area is 424 Å². The molecule has 2 aliphatic rings. The van der Waals surface area contributed by atoms with Gasteiger partial charge in [0.1, 0.15) is 0 Å². The standard InChI is InChI=1S/C65H57BN4/c1-40-19-26-46(27-20-40)68-58-30-23-42(3)33-53(58)66-54-38-52-49-17-13-14-18-55(49)67(45-15-11-10-12-16-45)59(52)39-60(54)69(47-28-21-41(2)22-29-47)62-37-48(36-61(68)63(62)66)70-56-31-24-43(64(4,5)6)34-50(56)51-35-44(65(7,8)9)25-32-57(51)70/h10-39H,1-9H3/i1D3,2D3,3D3. The summed E-state index contributed by atoms with van der Waals surface area (Å²) >= 11 is 0. The molecular weight excluding hydrogens is 848 g/mol. The molecule has 4 heterocycles. The number of para-hydroxylation sites is 2. The average molecular weight is 914 g/mol. The van der Waals surface area contributed by atoms with Crippen molar-refractivity contribution in [2.45, 2.75) is 72.9 Å². The molecule has 0 radical (unpaired) electrons. The molecule has 0 bridgehead atoms. The molecule has 0 fully saturated rings. The van der Waals surface area contributed by atoms with Gasteiger partial charge in [-0.2, -0.15) is 0 Å². The van der Waals surface area contributed by atoms with E-state index >= 15 is 0 Å². The zero-order chi connectivity index (χ0) is 55.5. The van der Waals surface area contributed by atoms with Crippen molar-refractivity contribution in [3.05, 3.63) is 210 Å². The second kappa shape index (κ2) is 15.1. The SMILES string of the molecule is [2H]C([2H])([2H])c1ccc(N2c3ccc(C([2H])([2H])[2H])cc3B3c4cc5c6ccccc6n(-c6ccccc6)c5cc4N(c4ccc(C([2H])([2H])[2H])cc4)c4cc(-n5c6ccc(C(C)(C)C)cc6c6cc(C(C)(C)C)ccc65)cc2c43)cc1. The quantitative estimate of drug-likeness (QED) is 0.164. The first-order chi connectivity index (χ1) is 37.3. The van der Waals surface area contributed by atoms with Gasteiger partial charge in [0.25, 0.3) is 6.71 Å². The number of nitrogens with zero attached hydrogens (tertiary/aromatic N) is 4. The van der Waals surface area contributed by atoms with Crippen molar-refractivity contribution in [3.8, 4) is 11.4 Å². The van der Waals surface area contributed by atoms with Crippen LogP contribution in [0.2, 0.25) is 0 Å². The second-order valence-electron chi connectivity index (χ2n) is 21.3. The Morgan fingerprint density at radius 1 is 0.357 bits per heavy atom. The van der Waals surface area contributed by atoms with E-state index < -0.39 is 27.3 Å². The van der Waals surface area contributed by atoms with E-state index in [1.807, 2.05) is 54.6 Å². The van der Waals surface area contributed by atoms with E-state index in [4.69, 9.17) is 12.3 Å². The van der Waals surface area contributed by atoms with Crippen LogP contribution in [0.1, 0.15) is 81.7 Å². The maximum Gasteiger partial charge on any atom is 0.252 e. The van der Waals surface area contributed by atoms with Crippen LogP contribution >= 0.6 is 0 Å². The third kappa shape index (κ3) is 6.37. The largest absolute Gasteiger partial charge is 0.311 e. The van der Waals surface area contributed by atoms with Gasteiger partial charge in [0.05, 0.1) is 27.8 Å². The van der Waals surface area contributed by atoms with Crippen molar-refractivity contribution in [2.75, 3.05) is 9.80 Å². The average Bonchev–Trinajstić information content (AvgIpc) is 3.08. The predicted octanol–water partition coefficient (Wildman–Crippen LogP) is 15.5. The zero-order valence-electron chi connectivity index (χ0n) is 49.2. The highest BCUT2D eigenvalue weighted by Gasteiger charge is 2.44. The van der Waals surface area contributed by atoms with E-state index in [0.717, 1.165) is 99.8 Å². The number of hydrogen-bond donors (Lipinski definition) is 0. The first kappa shape index (κ1) is 33.7. The highest BCUT2D eigenvalue weighted by atomic mass is 15.2. The summed E-state index contributed by atoms with van der Waals surface area (Å²) in [6.45, 7) is 5.77. The van der Waals surface area contributed by atoms with Gasteiger partial charge in [0.2, 0.25) is 0 Å². The molecule has 0 spiro atoms. The van der Waals surface area contributed by atoms with Crippen LogP contribution in [0.3, 0.4) is 0 Å². The molecule has 2 aromatic heterocycles. The van der Waals surface area contributed by atoms with E-state index in [-0.39, 0.29) is 27.5 Å². The number of fused-ring (bicyclic) bond motifs is 10.